The fourth-order valence-corrected chi connectivity index (χ4v) is 2.34. The lowest BCUT2D eigenvalue weighted by atomic mass is 10.2. The molecule has 2 aromatic carbocycles. The summed E-state index contributed by atoms with van der Waals surface area (Å²) in [5, 5.41) is 0. The summed E-state index contributed by atoms with van der Waals surface area (Å²) in [6.07, 6.45) is -1.29. The highest BCUT2D eigenvalue weighted by atomic mass is 17.3. The SMILES string of the molecule is CCOCC(OOC(=O)c1cccc(OCC)c1)OOC(=O)c1cccc(OCC)c1. The van der Waals surface area contributed by atoms with Crippen molar-refractivity contribution in [1.29, 1.82) is 0 Å². The minimum Gasteiger partial charge on any atom is -0.494 e. The van der Waals surface area contributed by atoms with E-state index < -0.39 is 18.2 Å². The zero-order valence-corrected chi connectivity index (χ0v) is 17.7. The molecular formula is C22H26O9. The molecule has 0 spiro atoms. The molecule has 0 heterocycles. The zero-order valence-electron chi connectivity index (χ0n) is 17.7. The van der Waals surface area contributed by atoms with Crippen molar-refractivity contribution in [2.75, 3.05) is 26.4 Å². The summed E-state index contributed by atoms with van der Waals surface area (Å²) in [6, 6.07) is 12.8. The number of carbonyl (C=O) groups is 2. The molecule has 168 valence electrons. The first-order chi connectivity index (χ1) is 15.1. The Morgan fingerprint density at radius 1 is 0.742 bits per heavy atom. The molecule has 0 bridgehead atoms. The van der Waals surface area contributed by atoms with E-state index in [9.17, 15) is 9.59 Å². The highest BCUT2D eigenvalue weighted by molar-refractivity contribution is 5.89. The van der Waals surface area contributed by atoms with Gasteiger partial charge in [0.1, 0.15) is 18.1 Å². The van der Waals surface area contributed by atoms with Crippen molar-refractivity contribution in [2.45, 2.75) is 27.1 Å². The van der Waals surface area contributed by atoms with E-state index in [0.29, 0.717) is 31.3 Å². The van der Waals surface area contributed by atoms with Crippen molar-refractivity contribution < 1.29 is 43.3 Å². The van der Waals surface area contributed by atoms with Gasteiger partial charge in [-0.3, -0.25) is 9.78 Å². The van der Waals surface area contributed by atoms with Crippen LogP contribution in [0.5, 0.6) is 11.5 Å². The van der Waals surface area contributed by atoms with Crippen LogP contribution in [0.15, 0.2) is 48.5 Å². The van der Waals surface area contributed by atoms with Crippen molar-refractivity contribution in [3.05, 3.63) is 59.7 Å². The minimum absolute atomic E-state index is 0.144. The number of rotatable bonds is 13. The Labute approximate surface area is 180 Å². The van der Waals surface area contributed by atoms with Crippen molar-refractivity contribution >= 4 is 11.9 Å². The van der Waals surface area contributed by atoms with Crippen LogP contribution in [0.1, 0.15) is 41.5 Å². The van der Waals surface area contributed by atoms with Crippen LogP contribution in [-0.2, 0) is 24.3 Å². The lowest BCUT2D eigenvalue weighted by Crippen LogP contribution is -2.27. The van der Waals surface area contributed by atoms with Gasteiger partial charge in [-0.1, -0.05) is 12.1 Å². The summed E-state index contributed by atoms with van der Waals surface area (Å²) in [5.41, 5.74) is 0.427. The first kappa shape index (κ1) is 24.1. The van der Waals surface area contributed by atoms with Crippen LogP contribution in [0.25, 0.3) is 0 Å². The molecular weight excluding hydrogens is 408 g/mol. The van der Waals surface area contributed by atoms with Gasteiger partial charge in [0.15, 0.2) is 0 Å². The van der Waals surface area contributed by atoms with Crippen LogP contribution in [0.3, 0.4) is 0 Å². The van der Waals surface area contributed by atoms with E-state index in [0.717, 1.165) is 0 Å². The number of ether oxygens (including phenoxy) is 3. The first-order valence-corrected chi connectivity index (χ1v) is 9.86. The van der Waals surface area contributed by atoms with Gasteiger partial charge in [-0.15, -0.1) is 9.78 Å². The van der Waals surface area contributed by atoms with E-state index in [1.807, 2.05) is 13.8 Å². The Balaban J connectivity index is 1.92. The van der Waals surface area contributed by atoms with E-state index >= 15 is 0 Å². The molecule has 0 saturated heterocycles. The first-order valence-electron chi connectivity index (χ1n) is 9.86. The fourth-order valence-electron chi connectivity index (χ4n) is 2.34. The molecule has 0 aliphatic rings. The second kappa shape index (κ2) is 13.2. The third kappa shape index (κ3) is 8.25. The Hall–Kier alpha value is -3.14. The zero-order chi connectivity index (χ0) is 22.5. The molecule has 0 atom stereocenters. The van der Waals surface area contributed by atoms with E-state index in [-0.39, 0.29) is 17.7 Å². The van der Waals surface area contributed by atoms with Crippen LogP contribution in [0.4, 0.5) is 0 Å². The van der Waals surface area contributed by atoms with E-state index in [1.54, 1.807) is 31.2 Å². The summed E-state index contributed by atoms with van der Waals surface area (Å²) in [4.78, 5) is 44.0. The highest BCUT2D eigenvalue weighted by Gasteiger charge is 2.20. The third-order valence-corrected chi connectivity index (χ3v) is 3.68. The standard InChI is InChI=1S/C22H26O9/c1-4-25-15-20(28-30-21(23)16-9-7-11-18(13-16)26-5-2)29-31-22(24)17-10-8-12-19(14-17)27-6-3/h7-14,20H,4-6,15H2,1-3H3. The molecule has 0 N–H and O–H groups in total. The molecule has 2 rings (SSSR count). The molecule has 0 fully saturated rings. The van der Waals surface area contributed by atoms with E-state index in [2.05, 4.69) is 0 Å². The number of benzene rings is 2. The minimum atomic E-state index is -1.29. The molecule has 0 saturated carbocycles. The topological polar surface area (TPSA) is 98.8 Å². The van der Waals surface area contributed by atoms with Gasteiger partial charge in [-0.2, -0.15) is 0 Å². The lowest BCUT2D eigenvalue weighted by molar-refractivity contribution is -0.426. The molecule has 0 aliphatic carbocycles. The van der Waals surface area contributed by atoms with Crippen molar-refractivity contribution in [2.24, 2.45) is 0 Å². The van der Waals surface area contributed by atoms with Gasteiger partial charge in [-0.05, 0) is 57.2 Å². The molecule has 0 aliphatic heterocycles. The fraction of sp³-hybridized carbons (Fsp3) is 0.364. The molecule has 2 aromatic rings. The van der Waals surface area contributed by atoms with Crippen molar-refractivity contribution in [3.8, 4) is 11.5 Å². The Morgan fingerprint density at radius 3 is 1.65 bits per heavy atom. The lowest BCUT2D eigenvalue weighted by Gasteiger charge is -2.15. The van der Waals surface area contributed by atoms with Crippen LogP contribution in [-0.4, -0.2) is 44.7 Å². The van der Waals surface area contributed by atoms with Gasteiger partial charge in [-0.25, -0.2) is 9.59 Å². The second-order valence-electron chi connectivity index (χ2n) is 5.94. The van der Waals surface area contributed by atoms with Gasteiger partial charge < -0.3 is 14.2 Å². The Bertz CT molecular complexity index is 772. The molecule has 0 radical (unpaired) electrons. The summed E-state index contributed by atoms with van der Waals surface area (Å²) < 4.78 is 15.9. The quantitative estimate of drug-likeness (QED) is 0.265. The third-order valence-electron chi connectivity index (χ3n) is 3.68. The Kier molecular flexibility index (Phi) is 10.3. The predicted molar refractivity (Wildman–Crippen MR) is 109 cm³/mol. The van der Waals surface area contributed by atoms with Gasteiger partial charge in [0.25, 0.3) is 6.29 Å². The second-order valence-corrected chi connectivity index (χ2v) is 5.94. The van der Waals surface area contributed by atoms with E-state index in [1.165, 1.54) is 24.3 Å². The van der Waals surface area contributed by atoms with Crippen LogP contribution >= 0.6 is 0 Å². The van der Waals surface area contributed by atoms with Crippen LogP contribution < -0.4 is 9.47 Å². The number of hydrogen-bond donors (Lipinski definition) is 0. The smallest absolute Gasteiger partial charge is 0.373 e. The maximum Gasteiger partial charge on any atom is 0.373 e. The molecule has 0 unspecified atom stereocenters. The molecule has 0 amide bonds. The molecule has 31 heavy (non-hydrogen) atoms. The average Bonchev–Trinajstić information content (AvgIpc) is 2.79. The maximum atomic E-state index is 12.2. The summed E-state index contributed by atoms with van der Waals surface area (Å²) in [7, 11) is 0. The maximum absolute atomic E-state index is 12.2. The van der Waals surface area contributed by atoms with Gasteiger partial charge in [0.2, 0.25) is 0 Å². The normalized spacial score (nSPS) is 10.6. The summed E-state index contributed by atoms with van der Waals surface area (Å²) >= 11 is 0. The monoisotopic (exact) mass is 434 g/mol. The van der Waals surface area contributed by atoms with Crippen LogP contribution in [0, 0.1) is 0 Å². The summed E-state index contributed by atoms with van der Waals surface area (Å²) in [5.74, 6) is -0.519. The van der Waals surface area contributed by atoms with Gasteiger partial charge in [0, 0.05) is 6.61 Å². The van der Waals surface area contributed by atoms with Gasteiger partial charge in [0.05, 0.1) is 24.3 Å². The van der Waals surface area contributed by atoms with E-state index in [4.69, 9.17) is 33.8 Å². The predicted octanol–water partition coefficient (Wildman–Crippen LogP) is 3.72. The Morgan fingerprint density at radius 2 is 1.23 bits per heavy atom. The largest absolute Gasteiger partial charge is 0.494 e. The van der Waals surface area contributed by atoms with Crippen molar-refractivity contribution in [1.82, 2.24) is 0 Å². The molecule has 9 nitrogen and oxygen atoms in total. The molecule has 9 heteroatoms. The number of carbonyl (C=O) groups excluding carboxylic acids is 2. The van der Waals surface area contributed by atoms with Crippen LogP contribution in [0.2, 0.25) is 0 Å². The average molecular weight is 434 g/mol. The summed E-state index contributed by atoms with van der Waals surface area (Å²) in [6.45, 7) is 6.53. The molecule has 0 aromatic heterocycles. The van der Waals surface area contributed by atoms with Gasteiger partial charge >= 0.3 is 11.9 Å². The van der Waals surface area contributed by atoms with Crippen molar-refractivity contribution in [3.63, 3.8) is 0 Å². The highest BCUT2D eigenvalue weighted by Crippen LogP contribution is 2.16. The number of hydrogen-bond acceptors (Lipinski definition) is 9.